The van der Waals surface area contributed by atoms with Crippen LogP contribution >= 0.6 is 0 Å². The van der Waals surface area contributed by atoms with Crippen LogP contribution in [0.2, 0.25) is 0 Å². The number of carbonyl (C=O) groups excluding carboxylic acids is 1. The Bertz CT molecular complexity index is 1010. The monoisotopic (exact) mass is 403 g/mol. The van der Waals surface area contributed by atoms with Crippen LogP contribution in [0, 0.1) is 5.82 Å². The number of benzene rings is 2. The fourth-order valence-corrected chi connectivity index (χ4v) is 4.14. The van der Waals surface area contributed by atoms with Gasteiger partial charge >= 0.3 is 0 Å². The second-order valence-corrected chi connectivity index (χ2v) is 8.31. The van der Waals surface area contributed by atoms with Gasteiger partial charge in [-0.2, -0.15) is 8.42 Å². The minimum atomic E-state index is -3.90. The predicted octanol–water partition coefficient (Wildman–Crippen LogP) is 3.67. The van der Waals surface area contributed by atoms with Gasteiger partial charge in [0.1, 0.15) is 11.7 Å². The fourth-order valence-electron chi connectivity index (χ4n) is 3.00. The molecule has 8 heteroatoms. The first-order valence-electron chi connectivity index (χ1n) is 9.07. The zero-order valence-electron chi connectivity index (χ0n) is 15.6. The van der Waals surface area contributed by atoms with Crippen molar-refractivity contribution in [3.8, 4) is 0 Å². The number of carbonyl (C=O) groups is 1. The standard InChI is InChI=1S/C20H22FN3O3S/c1-24-12-4-2-3-11-19(24)23-28(26,27)18-10-6-9-17(14-18)22-20(25)15-7-5-8-16(21)13-15/h5-10,13-14H,2-4,11-12H2,1H3,(H,22,25)/b23-19-. The summed E-state index contributed by atoms with van der Waals surface area (Å²) < 4.78 is 42.8. The lowest BCUT2D eigenvalue weighted by atomic mass is 10.2. The Morgan fingerprint density at radius 3 is 2.68 bits per heavy atom. The summed E-state index contributed by atoms with van der Waals surface area (Å²) in [4.78, 5) is 14.1. The van der Waals surface area contributed by atoms with E-state index in [9.17, 15) is 17.6 Å². The zero-order chi connectivity index (χ0) is 20.1. The number of amides is 1. The van der Waals surface area contributed by atoms with Crippen LogP contribution in [0.5, 0.6) is 0 Å². The minimum Gasteiger partial charge on any atom is -0.362 e. The van der Waals surface area contributed by atoms with Crippen molar-refractivity contribution in [2.24, 2.45) is 4.40 Å². The van der Waals surface area contributed by atoms with Gasteiger partial charge in [-0.25, -0.2) is 4.39 Å². The SMILES string of the molecule is CN1CCCCC/C1=N/S(=O)(=O)c1cccc(NC(=O)c2cccc(F)c2)c1. The van der Waals surface area contributed by atoms with Crippen molar-refractivity contribution in [3.63, 3.8) is 0 Å². The van der Waals surface area contributed by atoms with Crippen molar-refractivity contribution in [2.45, 2.75) is 30.6 Å². The van der Waals surface area contributed by atoms with Crippen LogP contribution in [0.25, 0.3) is 0 Å². The first-order chi connectivity index (χ1) is 13.3. The summed E-state index contributed by atoms with van der Waals surface area (Å²) >= 11 is 0. The van der Waals surface area contributed by atoms with E-state index in [1.807, 2.05) is 11.9 Å². The summed E-state index contributed by atoms with van der Waals surface area (Å²) in [6, 6.07) is 11.2. The van der Waals surface area contributed by atoms with E-state index in [1.165, 1.54) is 36.4 Å². The van der Waals surface area contributed by atoms with Gasteiger partial charge in [-0.05, 0) is 49.2 Å². The van der Waals surface area contributed by atoms with E-state index >= 15 is 0 Å². The quantitative estimate of drug-likeness (QED) is 0.845. The molecule has 1 N–H and O–H groups in total. The number of halogens is 1. The normalized spacial score (nSPS) is 16.6. The highest BCUT2D eigenvalue weighted by molar-refractivity contribution is 7.90. The second-order valence-electron chi connectivity index (χ2n) is 6.71. The van der Waals surface area contributed by atoms with Gasteiger partial charge in [-0.1, -0.05) is 18.6 Å². The topological polar surface area (TPSA) is 78.8 Å². The Hall–Kier alpha value is -2.74. The zero-order valence-corrected chi connectivity index (χ0v) is 16.4. The molecule has 2 aromatic rings. The molecular weight excluding hydrogens is 381 g/mol. The van der Waals surface area contributed by atoms with Crippen LogP contribution in [0.4, 0.5) is 10.1 Å². The first-order valence-corrected chi connectivity index (χ1v) is 10.5. The van der Waals surface area contributed by atoms with Gasteiger partial charge in [0.2, 0.25) is 0 Å². The van der Waals surface area contributed by atoms with Crippen LogP contribution in [-0.4, -0.2) is 38.7 Å². The summed E-state index contributed by atoms with van der Waals surface area (Å²) in [6.45, 7) is 0.776. The summed E-state index contributed by atoms with van der Waals surface area (Å²) in [6.07, 6.45) is 3.58. The summed E-state index contributed by atoms with van der Waals surface area (Å²) in [7, 11) is -2.06. The number of hydrogen-bond acceptors (Lipinski definition) is 3. The summed E-state index contributed by atoms with van der Waals surface area (Å²) in [5.74, 6) is -0.497. The highest BCUT2D eigenvalue weighted by Crippen LogP contribution is 2.20. The van der Waals surface area contributed by atoms with Crippen LogP contribution in [0.15, 0.2) is 57.8 Å². The van der Waals surface area contributed by atoms with Gasteiger partial charge in [0.15, 0.2) is 0 Å². The predicted molar refractivity (Wildman–Crippen MR) is 107 cm³/mol. The molecule has 148 valence electrons. The third-order valence-corrected chi connectivity index (χ3v) is 5.84. The molecule has 1 aliphatic rings. The lowest BCUT2D eigenvalue weighted by Gasteiger charge is -2.17. The molecule has 0 unspecified atom stereocenters. The van der Waals surface area contributed by atoms with Crippen molar-refractivity contribution in [3.05, 3.63) is 59.9 Å². The molecule has 0 radical (unpaired) electrons. The van der Waals surface area contributed by atoms with Gasteiger partial charge in [0, 0.05) is 31.3 Å². The number of nitrogens with zero attached hydrogens (tertiary/aromatic N) is 2. The Labute approximate surface area is 164 Å². The molecule has 1 fully saturated rings. The molecule has 28 heavy (non-hydrogen) atoms. The van der Waals surface area contributed by atoms with Crippen LogP contribution in [0.1, 0.15) is 36.0 Å². The number of rotatable bonds is 4. The van der Waals surface area contributed by atoms with Crippen LogP contribution < -0.4 is 5.32 Å². The minimum absolute atomic E-state index is 0.00492. The van der Waals surface area contributed by atoms with Gasteiger partial charge in [0.05, 0.1) is 4.90 Å². The molecule has 1 saturated heterocycles. The van der Waals surface area contributed by atoms with Crippen LogP contribution in [-0.2, 0) is 10.0 Å². The number of likely N-dealkylation sites (tertiary alicyclic amines) is 1. The average molecular weight is 403 g/mol. The largest absolute Gasteiger partial charge is 0.362 e. The number of sulfonamides is 1. The van der Waals surface area contributed by atoms with Crippen molar-refractivity contribution in [1.82, 2.24) is 4.90 Å². The van der Waals surface area contributed by atoms with E-state index in [1.54, 1.807) is 6.07 Å². The maximum absolute atomic E-state index is 13.3. The first kappa shape index (κ1) is 20.0. The lowest BCUT2D eigenvalue weighted by molar-refractivity contribution is 0.102. The third kappa shape index (κ3) is 4.95. The van der Waals surface area contributed by atoms with Gasteiger partial charge in [0.25, 0.3) is 15.9 Å². The third-order valence-electron chi connectivity index (χ3n) is 4.54. The molecule has 0 aliphatic carbocycles. The number of amidine groups is 1. The highest BCUT2D eigenvalue weighted by Gasteiger charge is 2.19. The maximum atomic E-state index is 13.3. The second kappa shape index (κ2) is 8.52. The summed E-state index contributed by atoms with van der Waals surface area (Å²) in [5.41, 5.74) is 0.443. The molecule has 0 atom stereocenters. The van der Waals surface area contributed by atoms with Gasteiger partial charge in [-0.15, -0.1) is 4.40 Å². The lowest BCUT2D eigenvalue weighted by Crippen LogP contribution is -2.26. The molecule has 0 spiro atoms. The van der Waals surface area contributed by atoms with Crippen molar-refractivity contribution in [1.29, 1.82) is 0 Å². The van der Waals surface area contributed by atoms with Crippen LogP contribution in [0.3, 0.4) is 0 Å². The number of nitrogens with one attached hydrogen (secondary N) is 1. The molecule has 1 amide bonds. The van der Waals surface area contributed by atoms with Crippen molar-refractivity contribution in [2.75, 3.05) is 18.9 Å². The fraction of sp³-hybridized carbons (Fsp3) is 0.300. The Morgan fingerprint density at radius 2 is 1.89 bits per heavy atom. The van der Waals surface area contributed by atoms with E-state index in [0.29, 0.717) is 17.9 Å². The van der Waals surface area contributed by atoms with E-state index in [2.05, 4.69) is 9.71 Å². The molecule has 0 aromatic heterocycles. The Kier molecular flexibility index (Phi) is 6.08. The van der Waals surface area contributed by atoms with Gasteiger partial charge in [-0.3, -0.25) is 4.79 Å². The number of anilines is 1. The van der Waals surface area contributed by atoms with E-state index < -0.39 is 21.7 Å². The smallest absolute Gasteiger partial charge is 0.284 e. The molecule has 0 saturated carbocycles. The molecular formula is C20H22FN3O3S. The van der Waals surface area contributed by atoms with Crippen molar-refractivity contribution >= 4 is 27.5 Å². The van der Waals surface area contributed by atoms with E-state index in [0.717, 1.165) is 31.9 Å². The highest BCUT2D eigenvalue weighted by atomic mass is 32.2. The number of hydrogen-bond donors (Lipinski definition) is 1. The molecule has 6 nitrogen and oxygen atoms in total. The molecule has 0 bridgehead atoms. The molecule has 2 aromatic carbocycles. The molecule has 3 rings (SSSR count). The molecule has 1 aliphatic heterocycles. The summed E-state index contributed by atoms with van der Waals surface area (Å²) in [5, 5.41) is 2.59. The maximum Gasteiger partial charge on any atom is 0.284 e. The average Bonchev–Trinajstić information content (AvgIpc) is 2.86. The molecule has 1 heterocycles. The van der Waals surface area contributed by atoms with E-state index in [-0.39, 0.29) is 10.5 Å². The van der Waals surface area contributed by atoms with Gasteiger partial charge < -0.3 is 10.2 Å². The Morgan fingerprint density at radius 1 is 1.11 bits per heavy atom. The van der Waals surface area contributed by atoms with E-state index in [4.69, 9.17) is 0 Å². The Balaban J connectivity index is 1.83. The van der Waals surface area contributed by atoms with Crippen molar-refractivity contribution < 1.29 is 17.6 Å².